The number of hydrogen-bond donors (Lipinski definition) is 0. The minimum atomic E-state index is 0.628. The molecule has 2 heterocycles. The molecule has 0 aliphatic rings. The predicted octanol–water partition coefficient (Wildman–Crippen LogP) is 7.60. The van der Waals surface area contributed by atoms with Crippen LogP contribution < -0.4 is 0 Å². The molecule has 0 bridgehead atoms. The fraction of sp³-hybridized carbons (Fsp3) is 0. The lowest BCUT2D eigenvalue weighted by Gasteiger charge is -2.10. The molecule has 0 fully saturated rings. The molecule has 2 aromatic heterocycles. The van der Waals surface area contributed by atoms with Crippen molar-refractivity contribution in [2.45, 2.75) is 0 Å². The van der Waals surface area contributed by atoms with Gasteiger partial charge in [0.1, 0.15) is 0 Å². The van der Waals surface area contributed by atoms with E-state index in [9.17, 15) is 0 Å². The Kier molecular flexibility index (Phi) is 5.83. The maximum absolute atomic E-state index is 4.89. The molecular weight excluding hydrogens is 440 g/mol. The molecule has 0 aliphatic heterocycles. The summed E-state index contributed by atoms with van der Waals surface area (Å²) < 4.78 is 0. The van der Waals surface area contributed by atoms with E-state index < -0.39 is 0 Å². The number of rotatable bonds is 5. The molecule has 0 aliphatic carbocycles. The molecule has 0 radical (unpaired) electrons. The van der Waals surface area contributed by atoms with Gasteiger partial charge in [-0.3, -0.25) is 4.98 Å². The molecule has 0 atom stereocenters. The zero-order valence-electron chi connectivity index (χ0n) is 19.5. The third-order valence-corrected chi connectivity index (χ3v) is 6.00. The van der Waals surface area contributed by atoms with Gasteiger partial charge in [0.25, 0.3) is 0 Å². The predicted molar refractivity (Wildman–Crippen MR) is 145 cm³/mol. The summed E-state index contributed by atoms with van der Waals surface area (Å²) in [5, 5.41) is 0. The van der Waals surface area contributed by atoms with Gasteiger partial charge in [-0.1, -0.05) is 109 Å². The second-order valence-electron chi connectivity index (χ2n) is 8.41. The van der Waals surface area contributed by atoms with Gasteiger partial charge in [0.2, 0.25) is 0 Å². The highest BCUT2D eigenvalue weighted by atomic mass is 15.0. The van der Waals surface area contributed by atoms with Crippen LogP contribution in [-0.2, 0) is 0 Å². The van der Waals surface area contributed by atoms with Crippen LogP contribution in [-0.4, -0.2) is 19.9 Å². The van der Waals surface area contributed by atoms with Gasteiger partial charge in [-0.25, -0.2) is 15.0 Å². The Balaban J connectivity index is 1.45. The number of pyridine rings is 1. The van der Waals surface area contributed by atoms with Gasteiger partial charge < -0.3 is 0 Å². The van der Waals surface area contributed by atoms with Crippen LogP contribution in [0, 0.1) is 0 Å². The van der Waals surface area contributed by atoms with Gasteiger partial charge in [-0.05, 0) is 29.3 Å². The SMILES string of the molecule is c1ccc(-c2ccc(-c3nc(-c4ccccc4)nc(-c4cccc(-c5ccccn5)c4)n3)cc2)cc1. The van der Waals surface area contributed by atoms with E-state index in [0.717, 1.165) is 33.5 Å². The van der Waals surface area contributed by atoms with E-state index in [0.29, 0.717) is 17.5 Å². The van der Waals surface area contributed by atoms with Gasteiger partial charge in [0.15, 0.2) is 17.5 Å². The third-order valence-electron chi connectivity index (χ3n) is 6.00. The monoisotopic (exact) mass is 462 g/mol. The van der Waals surface area contributed by atoms with Crippen LogP contribution >= 0.6 is 0 Å². The lowest BCUT2D eigenvalue weighted by Crippen LogP contribution is -2.00. The third kappa shape index (κ3) is 4.52. The normalized spacial score (nSPS) is 10.8. The fourth-order valence-corrected chi connectivity index (χ4v) is 4.14. The molecule has 0 unspecified atom stereocenters. The highest BCUT2D eigenvalue weighted by molar-refractivity contribution is 5.72. The van der Waals surface area contributed by atoms with Crippen molar-refractivity contribution in [3.8, 4) is 56.5 Å². The summed E-state index contributed by atoms with van der Waals surface area (Å²) in [7, 11) is 0. The second-order valence-corrected chi connectivity index (χ2v) is 8.41. The number of nitrogens with zero attached hydrogens (tertiary/aromatic N) is 4. The Morgan fingerprint density at radius 2 is 0.806 bits per heavy atom. The lowest BCUT2D eigenvalue weighted by atomic mass is 10.0. The largest absolute Gasteiger partial charge is 0.256 e. The molecule has 0 N–H and O–H groups in total. The van der Waals surface area contributed by atoms with Crippen molar-refractivity contribution in [3.05, 3.63) is 134 Å². The molecule has 170 valence electrons. The van der Waals surface area contributed by atoms with E-state index in [1.807, 2.05) is 84.9 Å². The molecule has 36 heavy (non-hydrogen) atoms. The summed E-state index contributed by atoms with van der Waals surface area (Å²) in [5.74, 6) is 1.91. The van der Waals surface area contributed by atoms with Crippen LogP contribution in [0.4, 0.5) is 0 Å². The summed E-state index contributed by atoms with van der Waals surface area (Å²) in [5.41, 5.74) is 7.06. The maximum atomic E-state index is 4.89. The van der Waals surface area contributed by atoms with Crippen LogP contribution in [0.25, 0.3) is 56.5 Å². The van der Waals surface area contributed by atoms with E-state index >= 15 is 0 Å². The van der Waals surface area contributed by atoms with Gasteiger partial charge in [-0.15, -0.1) is 0 Å². The summed E-state index contributed by atoms with van der Waals surface area (Å²) in [6.45, 7) is 0. The Morgan fingerprint density at radius 1 is 0.333 bits per heavy atom. The quantitative estimate of drug-likeness (QED) is 0.265. The number of aromatic nitrogens is 4. The van der Waals surface area contributed by atoms with E-state index in [4.69, 9.17) is 15.0 Å². The molecule has 0 amide bonds. The molecular formula is C32H22N4. The zero-order chi connectivity index (χ0) is 24.2. The summed E-state index contributed by atoms with van der Waals surface area (Å²) in [6, 6.07) is 42.8. The topological polar surface area (TPSA) is 51.6 Å². The second kappa shape index (κ2) is 9.72. The van der Waals surface area contributed by atoms with Gasteiger partial charge >= 0.3 is 0 Å². The Labute approximate surface area is 210 Å². The van der Waals surface area contributed by atoms with E-state index in [2.05, 4.69) is 47.4 Å². The van der Waals surface area contributed by atoms with Gasteiger partial charge in [0, 0.05) is 28.5 Å². The standard InChI is InChI=1S/C32H22N4/c1-3-10-23(11-4-1)24-17-19-26(20-18-24)31-34-30(25-12-5-2-6-13-25)35-32(36-31)28-15-9-14-27(22-28)29-16-7-8-21-33-29/h1-22H. The van der Waals surface area contributed by atoms with Crippen molar-refractivity contribution in [2.75, 3.05) is 0 Å². The molecule has 6 rings (SSSR count). The van der Waals surface area contributed by atoms with Crippen LogP contribution in [0.3, 0.4) is 0 Å². The minimum Gasteiger partial charge on any atom is -0.256 e. The average molecular weight is 463 g/mol. The van der Waals surface area contributed by atoms with Crippen molar-refractivity contribution in [1.29, 1.82) is 0 Å². The molecule has 4 aromatic carbocycles. The van der Waals surface area contributed by atoms with Crippen LogP contribution in [0.2, 0.25) is 0 Å². The summed E-state index contributed by atoms with van der Waals surface area (Å²) >= 11 is 0. The maximum Gasteiger partial charge on any atom is 0.164 e. The molecule has 4 heteroatoms. The highest BCUT2D eigenvalue weighted by Crippen LogP contribution is 2.28. The van der Waals surface area contributed by atoms with E-state index in [1.165, 1.54) is 5.56 Å². The summed E-state index contributed by atoms with van der Waals surface area (Å²) in [4.78, 5) is 19.1. The number of hydrogen-bond acceptors (Lipinski definition) is 4. The molecule has 4 nitrogen and oxygen atoms in total. The first-order valence-corrected chi connectivity index (χ1v) is 11.8. The van der Waals surface area contributed by atoms with E-state index in [-0.39, 0.29) is 0 Å². The highest BCUT2D eigenvalue weighted by Gasteiger charge is 2.13. The van der Waals surface area contributed by atoms with Crippen molar-refractivity contribution >= 4 is 0 Å². The van der Waals surface area contributed by atoms with E-state index in [1.54, 1.807) is 6.20 Å². The van der Waals surface area contributed by atoms with Crippen LogP contribution in [0.15, 0.2) is 134 Å². The Morgan fingerprint density at radius 3 is 1.44 bits per heavy atom. The van der Waals surface area contributed by atoms with Crippen molar-refractivity contribution in [1.82, 2.24) is 19.9 Å². The first-order chi connectivity index (χ1) is 17.8. The molecule has 0 spiro atoms. The van der Waals surface area contributed by atoms with Gasteiger partial charge in [-0.2, -0.15) is 0 Å². The minimum absolute atomic E-state index is 0.628. The molecule has 6 aromatic rings. The summed E-state index contributed by atoms with van der Waals surface area (Å²) in [6.07, 6.45) is 1.80. The Hall–Kier alpha value is -4.96. The first-order valence-electron chi connectivity index (χ1n) is 11.8. The van der Waals surface area contributed by atoms with Crippen molar-refractivity contribution in [3.63, 3.8) is 0 Å². The molecule has 0 saturated heterocycles. The van der Waals surface area contributed by atoms with Gasteiger partial charge in [0.05, 0.1) is 5.69 Å². The number of benzene rings is 4. The van der Waals surface area contributed by atoms with Crippen molar-refractivity contribution < 1.29 is 0 Å². The first kappa shape index (κ1) is 21.6. The average Bonchev–Trinajstić information content (AvgIpc) is 2.98. The van der Waals surface area contributed by atoms with Crippen LogP contribution in [0.5, 0.6) is 0 Å². The zero-order valence-corrected chi connectivity index (χ0v) is 19.5. The van der Waals surface area contributed by atoms with Crippen LogP contribution in [0.1, 0.15) is 0 Å². The fourth-order valence-electron chi connectivity index (χ4n) is 4.14. The Bertz CT molecular complexity index is 1600. The smallest absolute Gasteiger partial charge is 0.164 e. The molecule has 0 saturated carbocycles. The lowest BCUT2D eigenvalue weighted by molar-refractivity contribution is 1.07. The van der Waals surface area contributed by atoms with Crippen molar-refractivity contribution in [2.24, 2.45) is 0 Å².